The van der Waals surface area contributed by atoms with E-state index in [0.29, 0.717) is 5.92 Å². The third-order valence-electron chi connectivity index (χ3n) is 6.59. The Morgan fingerprint density at radius 1 is 1.17 bits per heavy atom. The molecule has 0 saturated heterocycles. The van der Waals surface area contributed by atoms with Crippen molar-refractivity contribution in [2.45, 2.75) is 70.5 Å². The highest BCUT2D eigenvalue weighted by molar-refractivity contribution is 6.08. The third-order valence-corrected chi connectivity index (χ3v) is 6.59. The highest BCUT2D eigenvalue weighted by atomic mass is 19.1. The predicted octanol–water partition coefficient (Wildman–Crippen LogP) is 2.78. The Morgan fingerprint density at radius 2 is 1.90 bits per heavy atom. The van der Waals surface area contributed by atoms with Crippen molar-refractivity contribution in [3.05, 3.63) is 34.6 Å². The van der Waals surface area contributed by atoms with E-state index in [1.165, 1.54) is 17.0 Å². The van der Waals surface area contributed by atoms with Gasteiger partial charge in [0.05, 0.1) is 24.6 Å². The van der Waals surface area contributed by atoms with Gasteiger partial charge in [0.15, 0.2) is 5.78 Å². The van der Waals surface area contributed by atoms with Crippen LogP contribution >= 0.6 is 0 Å². The first-order valence-electron chi connectivity index (χ1n) is 10.3. The zero-order valence-electron chi connectivity index (χ0n) is 16.5. The average molecular weight is 400 g/mol. The average Bonchev–Trinajstić information content (AvgIpc) is 3.32. The molecule has 1 aromatic rings. The molecule has 1 heterocycles. The molecule has 2 aliphatic carbocycles. The van der Waals surface area contributed by atoms with Crippen LogP contribution in [0, 0.1) is 11.7 Å². The van der Waals surface area contributed by atoms with Crippen LogP contribution in [0.4, 0.5) is 4.39 Å². The number of hydrogen-bond donors (Lipinski definition) is 1. The van der Waals surface area contributed by atoms with Crippen molar-refractivity contribution >= 4 is 23.4 Å². The first kappa shape index (κ1) is 19.7. The molecule has 2 fully saturated rings. The van der Waals surface area contributed by atoms with Crippen molar-refractivity contribution in [1.82, 2.24) is 10.2 Å². The summed E-state index contributed by atoms with van der Waals surface area (Å²) < 4.78 is 15.1. The van der Waals surface area contributed by atoms with Crippen LogP contribution < -0.4 is 5.32 Å². The van der Waals surface area contributed by atoms with Gasteiger partial charge in [-0.1, -0.05) is 12.8 Å². The van der Waals surface area contributed by atoms with Crippen molar-refractivity contribution in [1.29, 1.82) is 0 Å². The number of carbonyl (C=O) groups is 4. The molecular formula is C22H25FN2O4. The Hall–Kier alpha value is -2.57. The highest BCUT2D eigenvalue weighted by Crippen LogP contribution is 2.32. The maximum atomic E-state index is 15.1. The zero-order valence-corrected chi connectivity index (χ0v) is 16.5. The molecule has 2 amide bonds. The summed E-state index contributed by atoms with van der Waals surface area (Å²) >= 11 is 0. The summed E-state index contributed by atoms with van der Waals surface area (Å²) in [5.41, 5.74) is 0.266. The van der Waals surface area contributed by atoms with E-state index in [-0.39, 0.29) is 60.1 Å². The van der Waals surface area contributed by atoms with Gasteiger partial charge in [-0.05, 0) is 44.2 Å². The molecule has 2 atom stereocenters. The predicted molar refractivity (Wildman–Crippen MR) is 103 cm³/mol. The van der Waals surface area contributed by atoms with Gasteiger partial charge in [-0.3, -0.25) is 19.2 Å². The first-order chi connectivity index (χ1) is 13.9. The number of nitrogens with zero attached hydrogens (tertiary/aromatic N) is 1. The standard InChI is InChI=1S/C22H25FN2O4/c1-12(13-4-2-3-5-13)24-21(28)16-8-7-15-17(20(16)23)11-25(22(15)29)18-9-6-14(26)10-19(18)27/h7-8,12-13,18H,2-6,9-11H2,1H3,(H,24,28)/t12-,18?/m0/s1. The monoisotopic (exact) mass is 400 g/mol. The van der Waals surface area contributed by atoms with Gasteiger partial charge in [0.1, 0.15) is 11.6 Å². The smallest absolute Gasteiger partial charge is 0.255 e. The molecule has 0 spiro atoms. The number of ketones is 2. The van der Waals surface area contributed by atoms with E-state index in [1.807, 2.05) is 6.92 Å². The maximum absolute atomic E-state index is 15.1. The number of hydrogen-bond acceptors (Lipinski definition) is 4. The topological polar surface area (TPSA) is 83.6 Å². The number of amides is 2. The minimum absolute atomic E-state index is 0.0341. The second-order valence-corrected chi connectivity index (χ2v) is 8.43. The number of fused-ring (bicyclic) bond motifs is 1. The molecule has 7 heteroatoms. The number of benzene rings is 1. The first-order valence-corrected chi connectivity index (χ1v) is 10.3. The van der Waals surface area contributed by atoms with Crippen LogP contribution in [0.25, 0.3) is 0 Å². The molecule has 1 unspecified atom stereocenters. The Morgan fingerprint density at radius 3 is 2.59 bits per heavy atom. The Kier molecular flexibility index (Phi) is 5.23. The lowest BCUT2D eigenvalue weighted by atomic mass is 9.92. The van der Waals surface area contributed by atoms with E-state index >= 15 is 4.39 Å². The summed E-state index contributed by atoms with van der Waals surface area (Å²) in [5.74, 6) is -1.61. The van der Waals surface area contributed by atoms with E-state index < -0.39 is 23.7 Å². The SMILES string of the molecule is C[C@H](NC(=O)c1ccc2c(c1F)CN(C1CCC(=O)CC1=O)C2=O)C1CCCC1. The van der Waals surface area contributed by atoms with E-state index in [9.17, 15) is 19.2 Å². The minimum Gasteiger partial charge on any atom is -0.349 e. The van der Waals surface area contributed by atoms with Crippen LogP contribution in [0.3, 0.4) is 0 Å². The largest absolute Gasteiger partial charge is 0.349 e. The molecule has 0 radical (unpaired) electrons. The van der Waals surface area contributed by atoms with Gasteiger partial charge in [0, 0.05) is 23.6 Å². The summed E-state index contributed by atoms with van der Waals surface area (Å²) in [5, 5.41) is 2.90. The lowest BCUT2D eigenvalue weighted by molar-refractivity contribution is -0.133. The van der Waals surface area contributed by atoms with Crippen molar-refractivity contribution in [2.75, 3.05) is 0 Å². The molecule has 0 aromatic heterocycles. The van der Waals surface area contributed by atoms with Crippen LogP contribution in [-0.2, 0) is 16.1 Å². The van der Waals surface area contributed by atoms with Gasteiger partial charge in [0.2, 0.25) is 0 Å². The normalized spacial score (nSPS) is 23.4. The van der Waals surface area contributed by atoms with E-state index in [1.54, 1.807) is 0 Å². The molecule has 6 nitrogen and oxygen atoms in total. The quantitative estimate of drug-likeness (QED) is 0.788. The Balaban J connectivity index is 1.52. The van der Waals surface area contributed by atoms with E-state index in [0.717, 1.165) is 25.7 Å². The van der Waals surface area contributed by atoms with Crippen LogP contribution in [0.2, 0.25) is 0 Å². The lowest BCUT2D eigenvalue weighted by Gasteiger charge is -2.29. The molecular weight excluding hydrogens is 375 g/mol. The summed E-state index contributed by atoms with van der Waals surface area (Å²) in [6.07, 6.45) is 4.77. The van der Waals surface area contributed by atoms with Crippen LogP contribution in [0.1, 0.15) is 78.1 Å². The Labute approximate surface area is 168 Å². The number of rotatable bonds is 4. The van der Waals surface area contributed by atoms with Crippen molar-refractivity contribution < 1.29 is 23.6 Å². The van der Waals surface area contributed by atoms with Crippen LogP contribution in [0.15, 0.2) is 12.1 Å². The second-order valence-electron chi connectivity index (χ2n) is 8.43. The Bertz CT molecular complexity index is 891. The number of carbonyl (C=O) groups excluding carboxylic acids is 4. The maximum Gasteiger partial charge on any atom is 0.255 e. The third kappa shape index (κ3) is 3.58. The number of Topliss-reactive ketones (excluding diaryl/α,β-unsaturated/α-hetero) is 2. The van der Waals surface area contributed by atoms with Gasteiger partial charge < -0.3 is 10.2 Å². The van der Waals surface area contributed by atoms with E-state index in [2.05, 4.69) is 5.32 Å². The molecule has 1 aliphatic heterocycles. The molecule has 4 rings (SSSR count). The fourth-order valence-electron chi connectivity index (χ4n) is 4.85. The molecule has 1 aromatic carbocycles. The number of nitrogens with one attached hydrogen (secondary N) is 1. The fourth-order valence-corrected chi connectivity index (χ4v) is 4.85. The van der Waals surface area contributed by atoms with Gasteiger partial charge in [-0.15, -0.1) is 0 Å². The van der Waals surface area contributed by atoms with Crippen LogP contribution in [0.5, 0.6) is 0 Å². The second kappa shape index (κ2) is 7.69. The number of halogens is 1. The van der Waals surface area contributed by atoms with Crippen molar-refractivity contribution in [3.63, 3.8) is 0 Å². The minimum atomic E-state index is -0.702. The zero-order chi connectivity index (χ0) is 20.7. The van der Waals surface area contributed by atoms with Crippen molar-refractivity contribution in [2.24, 2.45) is 5.92 Å². The molecule has 29 heavy (non-hydrogen) atoms. The van der Waals surface area contributed by atoms with E-state index in [4.69, 9.17) is 0 Å². The summed E-state index contributed by atoms with van der Waals surface area (Å²) in [7, 11) is 0. The summed E-state index contributed by atoms with van der Waals surface area (Å²) in [4.78, 5) is 50.4. The molecule has 3 aliphatic rings. The molecule has 0 bridgehead atoms. The molecule has 154 valence electrons. The summed E-state index contributed by atoms with van der Waals surface area (Å²) in [6.45, 7) is 1.89. The van der Waals surface area contributed by atoms with Gasteiger partial charge in [-0.2, -0.15) is 0 Å². The summed E-state index contributed by atoms with van der Waals surface area (Å²) in [6, 6.07) is 2.08. The van der Waals surface area contributed by atoms with Crippen LogP contribution in [-0.4, -0.2) is 40.4 Å². The van der Waals surface area contributed by atoms with Crippen molar-refractivity contribution in [3.8, 4) is 0 Å². The van der Waals surface area contributed by atoms with Gasteiger partial charge >= 0.3 is 0 Å². The van der Waals surface area contributed by atoms with Gasteiger partial charge in [0.25, 0.3) is 11.8 Å². The van der Waals surface area contributed by atoms with Gasteiger partial charge in [-0.25, -0.2) is 4.39 Å². The molecule has 1 N–H and O–H groups in total. The fraction of sp³-hybridized carbons (Fsp3) is 0.545. The molecule has 2 saturated carbocycles. The highest BCUT2D eigenvalue weighted by Gasteiger charge is 2.40. The lowest BCUT2D eigenvalue weighted by Crippen LogP contribution is -2.44.